The van der Waals surface area contributed by atoms with E-state index in [0.717, 1.165) is 60.8 Å². The molecule has 2 unspecified atom stereocenters. The van der Waals surface area contributed by atoms with Crippen molar-refractivity contribution in [3.05, 3.63) is 75.6 Å². The highest BCUT2D eigenvalue weighted by atomic mass is 16.2. The fraction of sp³-hybridized carbons (Fsp3) is 0.553. The van der Waals surface area contributed by atoms with Crippen molar-refractivity contribution < 1.29 is 14.4 Å². The second-order valence-electron chi connectivity index (χ2n) is 14.4. The standard InChI is InChI=1S/C38H47N9O3/c1-3-40-35(49)26-12-14-30-24(16-26)10-11-25-17-27(36(50)41-4-2)13-15-31(25)38(30,37-43-45-46-44-37)20-32(23-8-6-5-7-9-23)42-22-34(48)47-29(21-39)18-28-19-33(28)47/h12-17,23,28-29,32-33,42H,3-11,18-20,22H2,1-2H3,(H,40,49)(H,41,50)(H,43,44,45,46)/t28-,29?,32?,33+/m1/s1. The Morgan fingerprint density at radius 2 is 1.60 bits per heavy atom. The highest BCUT2D eigenvalue weighted by Gasteiger charge is 2.54. The molecule has 12 nitrogen and oxygen atoms in total. The predicted molar refractivity (Wildman–Crippen MR) is 186 cm³/mol. The molecule has 1 aromatic heterocycles. The lowest BCUT2D eigenvalue weighted by Crippen LogP contribution is -2.50. The summed E-state index contributed by atoms with van der Waals surface area (Å²) in [6.07, 6.45) is 9.11. The van der Waals surface area contributed by atoms with E-state index >= 15 is 0 Å². The zero-order valence-corrected chi connectivity index (χ0v) is 29.0. The highest BCUT2D eigenvalue weighted by Crippen LogP contribution is 2.49. The van der Waals surface area contributed by atoms with E-state index in [-0.39, 0.29) is 42.4 Å². The minimum Gasteiger partial charge on any atom is -0.352 e. The van der Waals surface area contributed by atoms with E-state index in [1.165, 1.54) is 6.42 Å². The number of carbonyl (C=O) groups is 3. The van der Waals surface area contributed by atoms with Gasteiger partial charge < -0.3 is 20.9 Å². The number of fused-ring (bicyclic) bond motifs is 3. The van der Waals surface area contributed by atoms with Crippen molar-refractivity contribution in [2.75, 3.05) is 19.6 Å². The van der Waals surface area contributed by atoms with Gasteiger partial charge in [0.25, 0.3) is 11.8 Å². The molecule has 2 aromatic carbocycles. The van der Waals surface area contributed by atoms with Crippen molar-refractivity contribution >= 4 is 17.7 Å². The highest BCUT2D eigenvalue weighted by molar-refractivity contribution is 5.95. The van der Waals surface area contributed by atoms with Gasteiger partial charge in [-0.25, -0.2) is 0 Å². The van der Waals surface area contributed by atoms with Crippen LogP contribution >= 0.6 is 0 Å². The molecule has 0 spiro atoms. The van der Waals surface area contributed by atoms with Crippen molar-refractivity contribution in [2.24, 2.45) is 11.8 Å². The van der Waals surface area contributed by atoms with Crippen molar-refractivity contribution in [1.82, 2.24) is 41.5 Å². The Bertz CT molecular complexity index is 1710. The molecule has 1 aliphatic heterocycles. The van der Waals surface area contributed by atoms with Gasteiger partial charge in [0.15, 0.2) is 5.82 Å². The normalized spacial score (nSPS) is 22.7. The van der Waals surface area contributed by atoms with Gasteiger partial charge in [0.1, 0.15) is 6.04 Å². The molecule has 3 fully saturated rings. The summed E-state index contributed by atoms with van der Waals surface area (Å²) in [7, 11) is 0. The smallest absolute Gasteiger partial charge is 0.251 e. The number of benzene rings is 2. The van der Waals surface area contributed by atoms with Gasteiger partial charge in [0.2, 0.25) is 5.91 Å². The average molecular weight is 678 g/mol. The Balaban J connectivity index is 1.34. The van der Waals surface area contributed by atoms with E-state index in [4.69, 9.17) is 0 Å². The van der Waals surface area contributed by atoms with Gasteiger partial charge in [-0.15, -0.1) is 10.2 Å². The first-order valence-electron chi connectivity index (χ1n) is 18.4. The molecule has 0 bridgehead atoms. The van der Waals surface area contributed by atoms with Crippen LogP contribution < -0.4 is 16.0 Å². The number of amides is 3. The Kier molecular flexibility index (Phi) is 9.69. The van der Waals surface area contributed by atoms with E-state index < -0.39 is 5.41 Å². The molecule has 1 saturated heterocycles. The van der Waals surface area contributed by atoms with E-state index in [0.29, 0.717) is 61.1 Å². The van der Waals surface area contributed by atoms with Gasteiger partial charge in [-0.3, -0.25) is 14.4 Å². The summed E-state index contributed by atoms with van der Waals surface area (Å²) in [5.74, 6) is 0.992. The third-order valence-corrected chi connectivity index (χ3v) is 11.5. The molecule has 0 radical (unpaired) electrons. The first kappa shape index (κ1) is 33.8. The lowest BCUT2D eigenvalue weighted by molar-refractivity contribution is -0.131. The van der Waals surface area contributed by atoms with Crippen LogP contribution in [0.5, 0.6) is 0 Å². The number of aryl methyl sites for hydroxylation is 2. The molecular weight excluding hydrogens is 630 g/mol. The third kappa shape index (κ3) is 6.28. The van der Waals surface area contributed by atoms with Crippen LogP contribution in [0, 0.1) is 23.2 Å². The Hall–Kier alpha value is -4.63. The fourth-order valence-electron chi connectivity index (χ4n) is 9.06. The average Bonchev–Trinajstić information content (AvgIpc) is 3.51. The second-order valence-corrected chi connectivity index (χ2v) is 14.4. The van der Waals surface area contributed by atoms with Crippen LogP contribution in [0.25, 0.3) is 0 Å². The maximum absolute atomic E-state index is 13.8. The molecule has 2 saturated carbocycles. The number of hydrogen-bond acceptors (Lipinski definition) is 8. The van der Waals surface area contributed by atoms with Crippen LogP contribution in [0.15, 0.2) is 36.4 Å². The molecule has 4 atom stereocenters. The second kappa shape index (κ2) is 14.3. The van der Waals surface area contributed by atoms with E-state index in [1.54, 1.807) is 0 Å². The largest absolute Gasteiger partial charge is 0.352 e. The number of H-pyrrole nitrogens is 1. The Morgan fingerprint density at radius 1 is 0.960 bits per heavy atom. The maximum Gasteiger partial charge on any atom is 0.251 e. The molecule has 7 rings (SSSR count). The molecule has 12 heteroatoms. The summed E-state index contributed by atoms with van der Waals surface area (Å²) in [5, 5.41) is 35.5. The summed E-state index contributed by atoms with van der Waals surface area (Å²) in [4.78, 5) is 41.7. The van der Waals surface area contributed by atoms with E-state index in [2.05, 4.69) is 42.6 Å². The van der Waals surface area contributed by atoms with E-state index in [1.807, 2.05) is 55.1 Å². The number of carbonyl (C=O) groups excluding carboxylic acids is 3. The molecule has 4 aliphatic rings. The number of nitrogens with one attached hydrogen (secondary N) is 4. The Labute approximate surface area is 293 Å². The van der Waals surface area contributed by atoms with Gasteiger partial charge in [-0.1, -0.05) is 36.6 Å². The number of hydrogen-bond donors (Lipinski definition) is 4. The summed E-state index contributed by atoms with van der Waals surface area (Å²) in [6.45, 7) is 5.01. The number of rotatable bonds is 11. The molecular formula is C38H47N9O3. The number of aromatic nitrogens is 4. The van der Waals surface area contributed by atoms with Gasteiger partial charge >= 0.3 is 0 Å². The van der Waals surface area contributed by atoms with Crippen LogP contribution in [0.1, 0.15) is 114 Å². The number of likely N-dealkylation sites (tertiary alicyclic amines) is 1. The predicted octanol–water partition coefficient (Wildman–Crippen LogP) is 3.57. The van der Waals surface area contributed by atoms with Gasteiger partial charge in [-0.2, -0.15) is 10.5 Å². The van der Waals surface area contributed by atoms with Gasteiger partial charge in [0.05, 0.1) is 18.0 Å². The monoisotopic (exact) mass is 677 g/mol. The minimum absolute atomic E-state index is 0.0178. The minimum atomic E-state index is -0.906. The molecule has 50 heavy (non-hydrogen) atoms. The van der Waals surface area contributed by atoms with Crippen LogP contribution in [-0.4, -0.2) is 81.0 Å². The zero-order chi connectivity index (χ0) is 34.8. The van der Waals surface area contributed by atoms with Crippen LogP contribution in [-0.2, 0) is 23.1 Å². The lowest BCUT2D eigenvalue weighted by Gasteiger charge is -2.41. The third-order valence-electron chi connectivity index (χ3n) is 11.5. The first-order valence-corrected chi connectivity index (χ1v) is 18.4. The van der Waals surface area contributed by atoms with Gasteiger partial charge in [0, 0.05) is 36.3 Å². The zero-order valence-electron chi connectivity index (χ0n) is 29.0. The lowest BCUT2D eigenvalue weighted by atomic mass is 9.65. The number of aromatic amines is 1. The van der Waals surface area contributed by atoms with Crippen LogP contribution in [0.3, 0.4) is 0 Å². The summed E-state index contributed by atoms with van der Waals surface area (Å²) in [6, 6.07) is 13.9. The molecule has 3 aliphatic carbocycles. The molecule has 4 N–H and O–H groups in total. The van der Waals surface area contributed by atoms with Crippen molar-refractivity contribution in [1.29, 1.82) is 5.26 Å². The van der Waals surface area contributed by atoms with Crippen LogP contribution in [0.4, 0.5) is 0 Å². The van der Waals surface area contributed by atoms with E-state index in [9.17, 15) is 19.6 Å². The molecule has 3 aromatic rings. The maximum atomic E-state index is 13.8. The topological polar surface area (TPSA) is 169 Å². The quantitative estimate of drug-likeness (QED) is 0.239. The number of piperidine rings is 1. The Morgan fingerprint density at radius 3 is 2.16 bits per heavy atom. The molecule has 2 heterocycles. The first-order chi connectivity index (χ1) is 24.4. The van der Waals surface area contributed by atoms with Gasteiger partial charge in [-0.05, 0) is 117 Å². The SMILES string of the molecule is CCNC(=O)c1ccc2c(c1)CCc1cc(C(=O)NCC)ccc1C2(CC(NCC(=O)N1C(C#N)C[C@@H]2C[C@@H]21)C1CCCCC1)c1nn[nH]n1. The molecule has 3 amide bonds. The number of nitrogens with zero attached hydrogens (tertiary/aromatic N) is 5. The summed E-state index contributed by atoms with van der Waals surface area (Å²) in [5.41, 5.74) is 4.29. The van der Waals surface area contributed by atoms with Crippen molar-refractivity contribution in [2.45, 2.75) is 102 Å². The number of nitriles is 1. The van der Waals surface area contributed by atoms with Crippen molar-refractivity contribution in [3.8, 4) is 6.07 Å². The van der Waals surface area contributed by atoms with Crippen molar-refractivity contribution in [3.63, 3.8) is 0 Å². The molecule has 262 valence electrons. The van der Waals surface area contributed by atoms with Crippen LogP contribution in [0.2, 0.25) is 0 Å². The summed E-state index contributed by atoms with van der Waals surface area (Å²) < 4.78 is 0. The number of tetrazole rings is 1. The fourth-order valence-corrected chi connectivity index (χ4v) is 9.06. The summed E-state index contributed by atoms with van der Waals surface area (Å²) >= 11 is 0.